The van der Waals surface area contributed by atoms with E-state index in [1.54, 1.807) is 24.4 Å². The molecule has 0 saturated carbocycles. The van der Waals surface area contributed by atoms with E-state index in [1.807, 2.05) is 67.6 Å². The van der Waals surface area contributed by atoms with E-state index in [0.717, 1.165) is 17.5 Å². The second-order valence-electron chi connectivity index (χ2n) is 6.36. The van der Waals surface area contributed by atoms with Crippen LogP contribution in [0.15, 0.2) is 84.0 Å². The third-order valence-corrected chi connectivity index (χ3v) is 4.12. The predicted octanol–water partition coefficient (Wildman–Crippen LogP) is 4.82. The molecule has 0 bridgehead atoms. The van der Waals surface area contributed by atoms with Gasteiger partial charge in [0, 0.05) is 5.56 Å². The Morgan fingerprint density at radius 2 is 1.59 bits per heavy atom. The Morgan fingerprint density at radius 1 is 0.897 bits per heavy atom. The number of nitrogens with one attached hydrogen (secondary N) is 1. The lowest BCUT2D eigenvalue weighted by molar-refractivity contribution is 0.0951. The number of hydrogen-bond donors (Lipinski definition) is 1. The number of benzene rings is 3. The molecule has 148 valence electrons. The summed E-state index contributed by atoms with van der Waals surface area (Å²) in [6.07, 6.45) is 2.45. The first kappa shape index (κ1) is 20.1. The first-order valence-electron chi connectivity index (χ1n) is 9.59. The summed E-state index contributed by atoms with van der Waals surface area (Å²) in [7, 11) is 0. The topological polar surface area (TPSA) is 59.9 Å². The highest BCUT2D eigenvalue weighted by molar-refractivity contribution is 5.97. The van der Waals surface area contributed by atoms with Crippen molar-refractivity contribution in [3.8, 4) is 11.5 Å². The number of ether oxygens (including phenoxy) is 2. The molecule has 0 spiro atoms. The van der Waals surface area contributed by atoms with Gasteiger partial charge in [0.25, 0.3) is 5.91 Å². The minimum atomic E-state index is -0.323. The molecule has 3 rings (SSSR count). The zero-order valence-electron chi connectivity index (χ0n) is 16.4. The maximum atomic E-state index is 12.5. The number of hydrogen-bond acceptors (Lipinski definition) is 4. The number of amides is 1. The number of carbonyl (C=O) groups is 1. The summed E-state index contributed by atoms with van der Waals surface area (Å²) in [5.74, 6) is 0.922. The molecule has 0 radical (unpaired) electrons. The largest absolute Gasteiger partial charge is 0.493 e. The van der Waals surface area contributed by atoms with E-state index >= 15 is 0 Å². The van der Waals surface area contributed by atoms with Crippen LogP contribution in [0.3, 0.4) is 0 Å². The van der Waals surface area contributed by atoms with Crippen molar-refractivity contribution >= 4 is 12.1 Å². The van der Waals surface area contributed by atoms with Crippen molar-refractivity contribution in [2.45, 2.75) is 20.0 Å². The summed E-state index contributed by atoms with van der Waals surface area (Å²) < 4.78 is 11.5. The van der Waals surface area contributed by atoms with Gasteiger partial charge in [-0.15, -0.1) is 0 Å². The van der Waals surface area contributed by atoms with E-state index < -0.39 is 0 Å². The zero-order chi connectivity index (χ0) is 20.3. The molecule has 0 aliphatic carbocycles. The molecular weight excluding hydrogens is 364 g/mol. The number of nitrogens with zero attached hydrogens (tertiary/aromatic N) is 1. The number of rotatable bonds is 9. The molecule has 0 unspecified atom stereocenters. The molecule has 0 heterocycles. The number of para-hydroxylation sites is 2. The molecule has 5 heteroatoms. The molecule has 0 saturated heterocycles. The quantitative estimate of drug-likeness (QED) is 0.422. The van der Waals surface area contributed by atoms with E-state index in [2.05, 4.69) is 10.5 Å². The SMILES string of the molecule is CCCOc1ccccc1C(=O)NN=Cc1ccccc1OCc1ccccc1. The lowest BCUT2D eigenvalue weighted by Gasteiger charge is -2.10. The van der Waals surface area contributed by atoms with Gasteiger partial charge in [-0.05, 0) is 36.2 Å². The van der Waals surface area contributed by atoms with Crippen molar-refractivity contribution in [2.75, 3.05) is 6.61 Å². The summed E-state index contributed by atoms with van der Waals surface area (Å²) in [5.41, 5.74) is 4.87. The minimum Gasteiger partial charge on any atom is -0.493 e. The van der Waals surface area contributed by atoms with Gasteiger partial charge in [0.2, 0.25) is 0 Å². The third kappa shape index (κ3) is 5.94. The van der Waals surface area contributed by atoms with Crippen LogP contribution >= 0.6 is 0 Å². The summed E-state index contributed by atoms with van der Waals surface area (Å²) in [6, 6.07) is 24.6. The Morgan fingerprint density at radius 3 is 2.38 bits per heavy atom. The van der Waals surface area contributed by atoms with E-state index in [0.29, 0.717) is 30.3 Å². The van der Waals surface area contributed by atoms with Gasteiger partial charge in [-0.3, -0.25) is 4.79 Å². The maximum absolute atomic E-state index is 12.5. The Balaban J connectivity index is 1.64. The van der Waals surface area contributed by atoms with Gasteiger partial charge in [-0.25, -0.2) is 5.43 Å². The van der Waals surface area contributed by atoms with Crippen molar-refractivity contribution in [2.24, 2.45) is 5.10 Å². The molecule has 0 aliphatic heterocycles. The van der Waals surface area contributed by atoms with Crippen molar-refractivity contribution in [3.05, 3.63) is 95.6 Å². The fourth-order valence-corrected chi connectivity index (χ4v) is 2.67. The van der Waals surface area contributed by atoms with Crippen LogP contribution in [-0.2, 0) is 6.61 Å². The van der Waals surface area contributed by atoms with Gasteiger partial charge in [-0.1, -0.05) is 61.5 Å². The standard InChI is InChI=1S/C24H24N2O3/c1-2-16-28-23-15-9-7-13-21(23)24(27)26-25-17-20-12-6-8-14-22(20)29-18-19-10-4-3-5-11-19/h3-15,17H,2,16,18H2,1H3,(H,26,27). The van der Waals surface area contributed by atoms with Crippen LogP contribution < -0.4 is 14.9 Å². The molecule has 1 N–H and O–H groups in total. The van der Waals surface area contributed by atoms with Crippen molar-refractivity contribution in [3.63, 3.8) is 0 Å². The summed E-state index contributed by atoms with van der Waals surface area (Å²) >= 11 is 0. The fourth-order valence-electron chi connectivity index (χ4n) is 2.67. The minimum absolute atomic E-state index is 0.323. The molecule has 1 amide bonds. The van der Waals surface area contributed by atoms with Gasteiger partial charge in [0.1, 0.15) is 18.1 Å². The van der Waals surface area contributed by atoms with Gasteiger partial charge >= 0.3 is 0 Å². The van der Waals surface area contributed by atoms with E-state index in [4.69, 9.17) is 9.47 Å². The van der Waals surface area contributed by atoms with Crippen LogP contribution in [0.5, 0.6) is 11.5 Å². The highest BCUT2D eigenvalue weighted by atomic mass is 16.5. The molecule has 29 heavy (non-hydrogen) atoms. The molecule has 0 atom stereocenters. The molecular formula is C24H24N2O3. The van der Waals surface area contributed by atoms with Crippen LogP contribution in [0.4, 0.5) is 0 Å². The second kappa shape index (κ2) is 10.7. The van der Waals surface area contributed by atoms with Gasteiger partial charge < -0.3 is 9.47 Å². The summed E-state index contributed by atoms with van der Waals surface area (Å²) in [5, 5.41) is 4.09. The van der Waals surface area contributed by atoms with E-state index in [1.165, 1.54) is 0 Å². The number of hydrazone groups is 1. The number of carbonyl (C=O) groups excluding carboxylic acids is 1. The van der Waals surface area contributed by atoms with Gasteiger partial charge in [0.05, 0.1) is 18.4 Å². The van der Waals surface area contributed by atoms with Gasteiger partial charge in [-0.2, -0.15) is 5.10 Å². The van der Waals surface area contributed by atoms with Crippen LogP contribution in [0.25, 0.3) is 0 Å². The van der Waals surface area contributed by atoms with E-state index in [9.17, 15) is 4.79 Å². The summed E-state index contributed by atoms with van der Waals surface area (Å²) in [4.78, 5) is 12.5. The first-order chi connectivity index (χ1) is 14.3. The normalized spacial score (nSPS) is 10.7. The zero-order valence-corrected chi connectivity index (χ0v) is 16.4. The molecule has 0 fully saturated rings. The predicted molar refractivity (Wildman–Crippen MR) is 115 cm³/mol. The van der Waals surface area contributed by atoms with Crippen LogP contribution in [0, 0.1) is 0 Å². The van der Waals surface area contributed by atoms with Crippen molar-refractivity contribution < 1.29 is 14.3 Å². The Hall–Kier alpha value is -3.60. The smallest absolute Gasteiger partial charge is 0.275 e. The van der Waals surface area contributed by atoms with Crippen LogP contribution in [-0.4, -0.2) is 18.7 Å². The second-order valence-corrected chi connectivity index (χ2v) is 6.36. The molecule has 3 aromatic carbocycles. The highest BCUT2D eigenvalue weighted by Gasteiger charge is 2.11. The van der Waals surface area contributed by atoms with Crippen molar-refractivity contribution in [1.29, 1.82) is 0 Å². The molecule has 5 nitrogen and oxygen atoms in total. The maximum Gasteiger partial charge on any atom is 0.275 e. The fraction of sp³-hybridized carbons (Fsp3) is 0.167. The molecule has 0 aliphatic rings. The van der Waals surface area contributed by atoms with E-state index in [-0.39, 0.29) is 5.91 Å². The lowest BCUT2D eigenvalue weighted by atomic mass is 10.2. The summed E-state index contributed by atoms with van der Waals surface area (Å²) in [6.45, 7) is 3.03. The Bertz CT molecular complexity index is 955. The monoisotopic (exact) mass is 388 g/mol. The first-order valence-corrected chi connectivity index (χ1v) is 9.59. The average Bonchev–Trinajstić information content (AvgIpc) is 2.78. The Kier molecular flexibility index (Phi) is 7.41. The average molecular weight is 388 g/mol. The lowest BCUT2D eigenvalue weighted by Crippen LogP contribution is -2.19. The molecule has 0 aromatic heterocycles. The van der Waals surface area contributed by atoms with Crippen molar-refractivity contribution in [1.82, 2.24) is 5.43 Å². The Labute approximate surface area is 171 Å². The van der Waals surface area contributed by atoms with Crippen LogP contribution in [0.2, 0.25) is 0 Å². The molecule has 3 aromatic rings. The highest BCUT2D eigenvalue weighted by Crippen LogP contribution is 2.19. The third-order valence-electron chi connectivity index (χ3n) is 4.12. The van der Waals surface area contributed by atoms with Gasteiger partial charge in [0.15, 0.2) is 0 Å². The van der Waals surface area contributed by atoms with Crippen LogP contribution in [0.1, 0.15) is 34.8 Å².